The highest BCUT2D eigenvalue weighted by molar-refractivity contribution is 7.80. The van der Waals surface area contributed by atoms with Crippen LogP contribution in [0, 0.1) is 5.92 Å². The lowest BCUT2D eigenvalue weighted by molar-refractivity contribution is -0.128. The highest BCUT2D eigenvalue weighted by atomic mass is 32.1. The summed E-state index contributed by atoms with van der Waals surface area (Å²) in [6.07, 6.45) is 3.36. The molecule has 5 heteroatoms. The first-order valence-corrected chi connectivity index (χ1v) is 6.36. The molecular weight excluding hydrogens is 224 g/mol. The monoisotopic (exact) mass is 244 g/mol. The first kappa shape index (κ1) is 13.4. The predicted octanol–water partition coefficient (Wildman–Crippen LogP) is 0.726. The maximum atomic E-state index is 11.8. The fourth-order valence-corrected chi connectivity index (χ4v) is 2.34. The highest BCUT2D eigenvalue weighted by Gasteiger charge is 2.27. The molecule has 0 aromatic carbocycles. The molecule has 1 fully saturated rings. The van der Waals surface area contributed by atoms with Gasteiger partial charge in [-0.25, -0.2) is 0 Å². The van der Waals surface area contributed by atoms with E-state index < -0.39 is 6.04 Å². The van der Waals surface area contributed by atoms with Crippen LogP contribution in [0.1, 0.15) is 33.1 Å². The summed E-state index contributed by atoms with van der Waals surface area (Å²) in [6, 6.07) is -0.266. The first-order chi connectivity index (χ1) is 7.54. The first-order valence-electron chi connectivity index (χ1n) is 5.73. The van der Waals surface area contributed by atoms with Gasteiger partial charge in [-0.05, 0) is 18.8 Å². The lowest BCUT2D eigenvalue weighted by Gasteiger charge is -2.21. The molecule has 16 heavy (non-hydrogen) atoms. The van der Waals surface area contributed by atoms with Crippen LogP contribution < -0.4 is 10.6 Å². The van der Waals surface area contributed by atoms with Crippen molar-refractivity contribution in [2.24, 2.45) is 5.92 Å². The molecular formula is C11H20N2O2S. The summed E-state index contributed by atoms with van der Waals surface area (Å²) in [5, 5.41) is 5.57. The molecule has 3 unspecified atom stereocenters. The zero-order chi connectivity index (χ0) is 12.1. The second-order valence-electron chi connectivity index (χ2n) is 4.46. The number of amides is 2. The van der Waals surface area contributed by atoms with E-state index in [9.17, 15) is 9.59 Å². The van der Waals surface area contributed by atoms with E-state index in [4.69, 9.17) is 0 Å². The lowest BCUT2D eigenvalue weighted by atomic mass is 10.1. The molecule has 0 aromatic heterocycles. The van der Waals surface area contributed by atoms with Crippen molar-refractivity contribution in [1.82, 2.24) is 10.6 Å². The molecule has 92 valence electrons. The smallest absolute Gasteiger partial charge is 0.243 e. The van der Waals surface area contributed by atoms with Crippen LogP contribution in [0.2, 0.25) is 0 Å². The van der Waals surface area contributed by atoms with Gasteiger partial charge in [-0.2, -0.15) is 12.6 Å². The summed E-state index contributed by atoms with van der Waals surface area (Å²) in [5.74, 6) is 0.534. The van der Waals surface area contributed by atoms with Crippen LogP contribution in [0.5, 0.6) is 0 Å². The van der Waals surface area contributed by atoms with Crippen molar-refractivity contribution in [3.63, 3.8) is 0 Å². The normalized spacial score (nSPS) is 26.2. The number of carbonyl (C=O) groups is 2. The molecule has 2 amide bonds. The SMILES string of the molecule is CC(=O)NC(CS)C(=O)NC1CCCC1C. The molecule has 4 nitrogen and oxygen atoms in total. The summed E-state index contributed by atoms with van der Waals surface area (Å²) in [7, 11) is 0. The van der Waals surface area contributed by atoms with Crippen molar-refractivity contribution in [2.45, 2.75) is 45.2 Å². The van der Waals surface area contributed by atoms with Gasteiger partial charge in [0.25, 0.3) is 0 Å². The van der Waals surface area contributed by atoms with Crippen LogP contribution >= 0.6 is 12.6 Å². The van der Waals surface area contributed by atoms with E-state index in [1.54, 1.807) is 0 Å². The Labute approximate surface area is 102 Å². The maximum absolute atomic E-state index is 11.8. The van der Waals surface area contributed by atoms with E-state index in [1.165, 1.54) is 6.92 Å². The number of hydrogen-bond donors (Lipinski definition) is 3. The maximum Gasteiger partial charge on any atom is 0.243 e. The van der Waals surface area contributed by atoms with Gasteiger partial charge in [-0.1, -0.05) is 13.3 Å². The summed E-state index contributed by atoms with van der Waals surface area (Å²) >= 11 is 4.07. The molecule has 0 aromatic rings. The van der Waals surface area contributed by atoms with Crippen molar-refractivity contribution in [1.29, 1.82) is 0 Å². The molecule has 0 heterocycles. The zero-order valence-corrected chi connectivity index (χ0v) is 10.7. The van der Waals surface area contributed by atoms with Crippen LogP contribution in [-0.2, 0) is 9.59 Å². The van der Waals surface area contributed by atoms with Crippen LogP contribution in [0.25, 0.3) is 0 Å². The molecule has 0 aliphatic heterocycles. The van der Waals surface area contributed by atoms with Crippen molar-refractivity contribution in [3.8, 4) is 0 Å². The molecule has 3 atom stereocenters. The van der Waals surface area contributed by atoms with Gasteiger partial charge < -0.3 is 10.6 Å². The summed E-state index contributed by atoms with van der Waals surface area (Å²) < 4.78 is 0. The molecule has 1 rings (SSSR count). The summed E-state index contributed by atoms with van der Waals surface area (Å²) in [4.78, 5) is 22.7. The largest absolute Gasteiger partial charge is 0.351 e. The molecule has 2 N–H and O–H groups in total. The van der Waals surface area contributed by atoms with Gasteiger partial charge in [0, 0.05) is 18.7 Å². The number of thiol groups is 1. The van der Waals surface area contributed by atoms with Crippen LogP contribution in [0.4, 0.5) is 0 Å². The van der Waals surface area contributed by atoms with Gasteiger partial charge in [0.05, 0.1) is 0 Å². The number of nitrogens with one attached hydrogen (secondary N) is 2. The second kappa shape index (κ2) is 6.13. The Balaban J connectivity index is 2.45. The predicted molar refractivity (Wildman–Crippen MR) is 66.4 cm³/mol. The van der Waals surface area contributed by atoms with Gasteiger partial charge >= 0.3 is 0 Å². The molecule has 0 saturated heterocycles. The number of hydrogen-bond acceptors (Lipinski definition) is 3. The highest BCUT2D eigenvalue weighted by Crippen LogP contribution is 2.24. The Bertz CT molecular complexity index is 271. The average Bonchev–Trinajstić information content (AvgIpc) is 2.60. The minimum absolute atomic E-state index is 0.121. The van der Waals surface area contributed by atoms with E-state index in [1.807, 2.05) is 0 Å². The Morgan fingerprint density at radius 2 is 2.12 bits per heavy atom. The van der Waals surface area contributed by atoms with Gasteiger partial charge in [0.2, 0.25) is 11.8 Å². The van der Waals surface area contributed by atoms with Gasteiger partial charge in [-0.3, -0.25) is 9.59 Å². The van der Waals surface area contributed by atoms with E-state index in [0.29, 0.717) is 11.7 Å². The minimum atomic E-state index is -0.520. The minimum Gasteiger partial charge on any atom is -0.351 e. The Morgan fingerprint density at radius 1 is 1.44 bits per heavy atom. The van der Waals surface area contributed by atoms with E-state index in [-0.39, 0.29) is 17.9 Å². The summed E-state index contributed by atoms with van der Waals surface area (Å²) in [5.41, 5.74) is 0. The molecule has 1 aliphatic carbocycles. The third-order valence-electron chi connectivity index (χ3n) is 3.07. The number of carbonyl (C=O) groups excluding carboxylic acids is 2. The molecule has 0 bridgehead atoms. The van der Waals surface area contributed by atoms with Crippen LogP contribution in [0.15, 0.2) is 0 Å². The third kappa shape index (κ3) is 3.70. The Kier molecular flexibility index (Phi) is 5.12. The van der Waals surface area contributed by atoms with Crippen LogP contribution in [-0.4, -0.2) is 29.7 Å². The molecule has 1 saturated carbocycles. The van der Waals surface area contributed by atoms with Crippen molar-refractivity contribution in [3.05, 3.63) is 0 Å². The zero-order valence-electron chi connectivity index (χ0n) is 9.82. The Hall–Kier alpha value is -0.710. The van der Waals surface area contributed by atoms with E-state index in [0.717, 1.165) is 19.3 Å². The van der Waals surface area contributed by atoms with Gasteiger partial charge in [0.1, 0.15) is 6.04 Å². The van der Waals surface area contributed by atoms with Gasteiger partial charge in [-0.15, -0.1) is 0 Å². The standard InChI is InChI=1S/C11H20N2O2S/c1-7-4-3-5-9(7)13-11(15)10(6-16)12-8(2)14/h7,9-10,16H,3-6H2,1-2H3,(H,12,14)(H,13,15). The molecule has 0 radical (unpaired) electrons. The van der Waals surface area contributed by atoms with Crippen molar-refractivity contribution >= 4 is 24.4 Å². The fraction of sp³-hybridized carbons (Fsp3) is 0.818. The van der Waals surface area contributed by atoms with Crippen molar-refractivity contribution in [2.75, 3.05) is 5.75 Å². The molecule has 1 aliphatic rings. The van der Waals surface area contributed by atoms with Crippen molar-refractivity contribution < 1.29 is 9.59 Å². The fourth-order valence-electron chi connectivity index (χ4n) is 2.08. The molecule has 0 spiro atoms. The van der Waals surface area contributed by atoms with Gasteiger partial charge in [0.15, 0.2) is 0 Å². The van der Waals surface area contributed by atoms with E-state index in [2.05, 4.69) is 30.2 Å². The van der Waals surface area contributed by atoms with E-state index >= 15 is 0 Å². The van der Waals surface area contributed by atoms with Crippen LogP contribution in [0.3, 0.4) is 0 Å². The third-order valence-corrected chi connectivity index (χ3v) is 3.43. The average molecular weight is 244 g/mol. The lowest BCUT2D eigenvalue weighted by Crippen LogP contribution is -2.50. The Morgan fingerprint density at radius 3 is 2.56 bits per heavy atom. The second-order valence-corrected chi connectivity index (χ2v) is 4.82. The summed E-state index contributed by atoms with van der Waals surface area (Å²) in [6.45, 7) is 3.55. The number of rotatable bonds is 4. The topological polar surface area (TPSA) is 58.2 Å². The quantitative estimate of drug-likeness (QED) is 0.638.